The molecule has 0 fully saturated rings. The molecular weight excluding hydrogens is 543 g/mol. The van der Waals surface area contributed by atoms with Crippen LogP contribution >= 0.6 is 0 Å². The Balaban J connectivity index is 0.00000760. The molecule has 0 unspecified atom stereocenters. The molecule has 0 saturated carbocycles. The van der Waals surface area contributed by atoms with E-state index in [2.05, 4.69) is 69.6 Å². The van der Waals surface area contributed by atoms with Gasteiger partial charge in [-0.15, -0.1) is 0 Å². The van der Waals surface area contributed by atoms with Gasteiger partial charge in [0.2, 0.25) is 12.7 Å². The van der Waals surface area contributed by atoms with E-state index in [0.717, 1.165) is 39.1 Å². The first-order valence-electron chi connectivity index (χ1n) is 16.1. The molecule has 2 rings (SSSR count). The SMILES string of the molecule is CCCCCCCCCn1cc[n+](COCCCCCCOC[n+]2ccn(CCCCCCCCC)c2)c1.[Cl-].[Cl-]. The predicted molar refractivity (Wildman–Crippen MR) is 156 cm³/mol. The Kier molecular flexibility index (Phi) is 27.3. The van der Waals surface area contributed by atoms with Crippen molar-refractivity contribution in [2.75, 3.05) is 13.2 Å². The smallest absolute Gasteiger partial charge is 0.245 e. The molecule has 0 N–H and O–H groups in total. The van der Waals surface area contributed by atoms with Crippen LogP contribution in [0, 0.1) is 0 Å². The van der Waals surface area contributed by atoms with Crippen LogP contribution in [0.4, 0.5) is 0 Å². The lowest BCUT2D eigenvalue weighted by Crippen LogP contribution is -3.00. The summed E-state index contributed by atoms with van der Waals surface area (Å²) in [6.45, 7) is 9.77. The van der Waals surface area contributed by atoms with Crippen molar-refractivity contribution in [1.82, 2.24) is 9.13 Å². The average Bonchev–Trinajstić information content (AvgIpc) is 3.58. The van der Waals surface area contributed by atoms with Crippen molar-refractivity contribution in [1.29, 1.82) is 0 Å². The van der Waals surface area contributed by atoms with Crippen molar-refractivity contribution in [2.24, 2.45) is 0 Å². The van der Waals surface area contributed by atoms with Gasteiger partial charge in [0.15, 0.2) is 13.5 Å². The van der Waals surface area contributed by atoms with Gasteiger partial charge in [0.05, 0.1) is 26.3 Å². The second-order valence-electron chi connectivity index (χ2n) is 11.1. The van der Waals surface area contributed by atoms with Gasteiger partial charge >= 0.3 is 0 Å². The molecule has 8 heteroatoms. The van der Waals surface area contributed by atoms with Crippen LogP contribution in [0.25, 0.3) is 0 Å². The number of hydrogen-bond acceptors (Lipinski definition) is 2. The van der Waals surface area contributed by atoms with Crippen LogP contribution < -0.4 is 33.9 Å². The molecule has 0 atom stereocenters. The molecule has 0 bridgehead atoms. The first kappa shape index (κ1) is 38.9. The van der Waals surface area contributed by atoms with Crippen molar-refractivity contribution in [3.63, 3.8) is 0 Å². The van der Waals surface area contributed by atoms with E-state index >= 15 is 0 Å². The molecule has 0 amide bonds. The van der Waals surface area contributed by atoms with Crippen LogP contribution in [-0.2, 0) is 36.0 Å². The van der Waals surface area contributed by atoms with E-state index < -0.39 is 0 Å². The third-order valence-corrected chi connectivity index (χ3v) is 7.34. The topological polar surface area (TPSA) is 36.1 Å². The second-order valence-corrected chi connectivity index (χ2v) is 11.1. The largest absolute Gasteiger partial charge is 1.00 e. The van der Waals surface area contributed by atoms with Gasteiger partial charge in [-0.25, -0.2) is 18.3 Å². The lowest BCUT2D eigenvalue weighted by atomic mass is 10.1. The number of rotatable bonds is 27. The first-order chi connectivity index (χ1) is 18.8. The van der Waals surface area contributed by atoms with E-state index in [1.165, 1.54) is 103 Å². The number of imidazole rings is 2. The van der Waals surface area contributed by atoms with Gasteiger partial charge in [0.1, 0.15) is 24.8 Å². The number of aromatic nitrogens is 4. The number of halogens is 2. The number of nitrogens with zero attached hydrogens (tertiary/aromatic N) is 4. The minimum atomic E-state index is 0. The van der Waals surface area contributed by atoms with Gasteiger partial charge in [-0.3, -0.25) is 0 Å². The standard InChI is InChI=1S/C32H60N4O2.2ClH/c1-3-5-7-9-11-13-17-21-33-23-25-35(29-33)31-37-27-19-15-16-20-28-38-32-36-26-24-34(30-36)22-18-14-12-10-8-6-4-2;;/h23-26,29-30H,3-22,27-28,31-32H2,1-2H3;2*1H/q+2;;/p-2. The van der Waals surface area contributed by atoms with Crippen molar-refractivity contribution >= 4 is 0 Å². The molecule has 40 heavy (non-hydrogen) atoms. The molecule has 0 saturated heterocycles. The summed E-state index contributed by atoms with van der Waals surface area (Å²) in [4.78, 5) is 0. The molecular formula is C32H60Cl2N4O2. The quantitative estimate of drug-likeness (QED) is 0.115. The minimum absolute atomic E-state index is 0. The third-order valence-electron chi connectivity index (χ3n) is 7.34. The fraction of sp³-hybridized carbons (Fsp3) is 0.812. The molecule has 0 aliphatic rings. The second kappa shape index (κ2) is 28.1. The molecule has 0 aliphatic carbocycles. The van der Waals surface area contributed by atoms with Crippen LogP contribution in [0.5, 0.6) is 0 Å². The lowest BCUT2D eigenvalue weighted by Gasteiger charge is -2.03. The number of hydrogen-bond donors (Lipinski definition) is 0. The van der Waals surface area contributed by atoms with Crippen LogP contribution in [-0.4, -0.2) is 22.3 Å². The highest BCUT2D eigenvalue weighted by Crippen LogP contribution is 2.09. The fourth-order valence-electron chi connectivity index (χ4n) is 4.90. The summed E-state index contributed by atoms with van der Waals surface area (Å²) in [5.74, 6) is 0. The molecule has 2 heterocycles. The molecule has 0 spiro atoms. The summed E-state index contributed by atoms with van der Waals surface area (Å²) in [5, 5.41) is 0. The Hall–Kier alpha value is -1.08. The summed E-state index contributed by atoms with van der Waals surface area (Å²) in [6, 6.07) is 0. The predicted octanol–water partition coefficient (Wildman–Crippen LogP) is 1.58. The minimum Gasteiger partial charge on any atom is -1.00 e. The van der Waals surface area contributed by atoms with Gasteiger partial charge in [0, 0.05) is 0 Å². The number of aryl methyl sites for hydroxylation is 2. The van der Waals surface area contributed by atoms with E-state index in [1.54, 1.807) is 0 Å². The maximum Gasteiger partial charge on any atom is 0.245 e. The van der Waals surface area contributed by atoms with E-state index in [1.807, 2.05) is 0 Å². The maximum atomic E-state index is 5.87. The zero-order valence-corrected chi connectivity index (χ0v) is 27.3. The molecule has 234 valence electrons. The Labute approximate surface area is 258 Å². The Morgan fingerprint density at radius 1 is 0.475 bits per heavy atom. The van der Waals surface area contributed by atoms with Gasteiger partial charge < -0.3 is 34.3 Å². The molecule has 0 radical (unpaired) electrons. The Morgan fingerprint density at radius 2 is 0.825 bits per heavy atom. The van der Waals surface area contributed by atoms with Crippen LogP contribution in [0.1, 0.15) is 129 Å². The highest BCUT2D eigenvalue weighted by atomic mass is 35.5. The summed E-state index contributed by atoms with van der Waals surface area (Å²) < 4.78 is 20.6. The van der Waals surface area contributed by atoms with Gasteiger partial charge in [-0.05, 0) is 38.5 Å². The summed E-state index contributed by atoms with van der Waals surface area (Å²) in [5.41, 5.74) is 0. The van der Waals surface area contributed by atoms with E-state index in [4.69, 9.17) is 9.47 Å². The van der Waals surface area contributed by atoms with E-state index in [0.29, 0.717) is 13.5 Å². The van der Waals surface area contributed by atoms with Crippen LogP contribution in [0.3, 0.4) is 0 Å². The fourth-order valence-corrected chi connectivity index (χ4v) is 4.90. The van der Waals surface area contributed by atoms with Gasteiger partial charge in [0.25, 0.3) is 0 Å². The zero-order chi connectivity index (χ0) is 26.9. The van der Waals surface area contributed by atoms with Crippen molar-refractivity contribution < 1.29 is 43.4 Å². The van der Waals surface area contributed by atoms with Gasteiger partial charge in [-0.2, -0.15) is 0 Å². The lowest BCUT2D eigenvalue weighted by molar-refractivity contribution is -0.732. The Morgan fingerprint density at radius 3 is 1.23 bits per heavy atom. The van der Waals surface area contributed by atoms with Crippen molar-refractivity contribution in [2.45, 2.75) is 156 Å². The Bertz CT molecular complexity index is 720. The van der Waals surface area contributed by atoms with Crippen molar-refractivity contribution in [3.05, 3.63) is 37.4 Å². The molecule has 6 nitrogen and oxygen atoms in total. The van der Waals surface area contributed by atoms with Crippen molar-refractivity contribution in [3.8, 4) is 0 Å². The normalized spacial score (nSPS) is 10.9. The molecule has 0 aliphatic heterocycles. The highest BCUT2D eigenvalue weighted by molar-refractivity contribution is 4.66. The van der Waals surface area contributed by atoms with E-state index in [-0.39, 0.29) is 24.8 Å². The zero-order valence-electron chi connectivity index (χ0n) is 25.8. The highest BCUT2D eigenvalue weighted by Gasteiger charge is 2.05. The molecule has 2 aromatic heterocycles. The molecule has 0 aromatic carbocycles. The number of unbranched alkanes of at least 4 members (excludes halogenated alkanes) is 15. The molecule has 2 aromatic rings. The first-order valence-corrected chi connectivity index (χ1v) is 16.1. The monoisotopic (exact) mass is 602 g/mol. The van der Waals surface area contributed by atoms with Gasteiger partial charge in [-0.1, -0.05) is 90.9 Å². The average molecular weight is 604 g/mol. The number of ether oxygens (including phenoxy) is 2. The maximum absolute atomic E-state index is 5.87. The summed E-state index contributed by atoms with van der Waals surface area (Å²) in [6.07, 6.45) is 36.6. The summed E-state index contributed by atoms with van der Waals surface area (Å²) >= 11 is 0. The van der Waals surface area contributed by atoms with Crippen LogP contribution in [0.15, 0.2) is 37.4 Å². The van der Waals surface area contributed by atoms with E-state index in [9.17, 15) is 0 Å². The third kappa shape index (κ3) is 20.7. The van der Waals surface area contributed by atoms with Crippen LogP contribution in [0.2, 0.25) is 0 Å². The summed E-state index contributed by atoms with van der Waals surface area (Å²) in [7, 11) is 0.